The molecule has 1 saturated heterocycles. The Bertz CT molecular complexity index is 589. The molecule has 1 rings (SSSR count). The van der Waals surface area contributed by atoms with Crippen molar-refractivity contribution in [2.75, 3.05) is 26.4 Å². The zero-order chi connectivity index (χ0) is 29.4. The average molecular weight is 577 g/mol. The van der Waals surface area contributed by atoms with Crippen molar-refractivity contribution in [2.24, 2.45) is 0 Å². The number of ether oxygens (including phenoxy) is 4. The Balaban J connectivity index is 2.41. The van der Waals surface area contributed by atoms with Crippen molar-refractivity contribution in [1.29, 1.82) is 0 Å². The van der Waals surface area contributed by atoms with Crippen LogP contribution < -0.4 is 0 Å². The maximum absolute atomic E-state index is 12.5. The maximum Gasteiger partial charge on any atom is 0.306 e. The normalized spacial score (nSPS) is 23.8. The van der Waals surface area contributed by atoms with Gasteiger partial charge in [-0.1, -0.05) is 110 Å². The van der Waals surface area contributed by atoms with Gasteiger partial charge in [-0.25, -0.2) is 0 Å². The van der Waals surface area contributed by atoms with Gasteiger partial charge in [0.05, 0.1) is 19.8 Å². The van der Waals surface area contributed by atoms with E-state index in [1.165, 1.54) is 77.0 Å². The standard InChI is InChI=1S/C31H60O9/c1-3-5-7-9-11-13-15-17-19-21-37-23-25(39-27(33)20-18-16-14-12-10-8-6-4-2)24-38-31-30(36)29(35)28(34)26(22-32)40-31/h25-26,28-32,34-36H,3-24H2,1-2H3. The summed E-state index contributed by atoms with van der Waals surface area (Å²) < 4.78 is 22.5. The van der Waals surface area contributed by atoms with Gasteiger partial charge in [0, 0.05) is 13.0 Å². The predicted molar refractivity (Wildman–Crippen MR) is 155 cm³/mol. The van der Waals surface area contributed by atoms with Crippen LogP contribution in [0.1, 0.15) is 129 Å². The molecule has 1 fully saturated rings. The lowest BCUT2D eigenvalue weighted by Crippen LogP contribution is -2.59. The number of unbranched alkanes of at least 4 members (excludes halogenated alkanes) is 15. The van der Waals surface area contributed by atoms with Crippen molar-refractivity contribution in [1.82, 2.24) is 0 Å². The molecule has 0 radical (unpaired) electrons. The van der Waals surface area contributed by atoms with Crippen LogP contribution >= 0.6 is 0 Å². The zero-order valence-corrected chi connectivity index (χ0v) is 25.4. The molecule has 1 aliphatic rings. The molecule has 6 unspecified atom stereocenters. The molecule has 0 aromatic rings. The summed E-state index contributed by atoms with van der Waals surface area (Å²) in [7, 11) is 0. The van der Waals surface area contributed by atoms with Gasteiger partial charge in [0.1, 0.15) is 30.5 Å². The first kappa shape index (κ1) is 37.2. The molecule has 0 spiro atoms. The molecule has 0 aromatic heterocycles. The number of esters is 1. The Labute approximate surface area is 242 Å². The van der Waals surface area contributed by atoms with Crippen LogP contribution in [0.3, 0.4) is 0 Å². The summed E-state index contributed by atoms with van der Waals surface area (Å²) in [6, 6.07) is 0. The van der Waals surface area contributed by atoms with Gasteiger partial charge in [-0.3, -0.25) is 4.79 Å². The maximum atomic E-state index is 12.5. The Morgan fingerprint density at radius 2 is 1.23 bits per heavy atom. The third-order valence-electron chi connectivity index (χ3n) is 7.52. The fraction of sp³-hybridized carbons (Fsp3) is 0.968. The monoisotopic (exact) mass is 576 g/mol. The molecule has 9 heteroatoms. The first-order valence-corrected chi connectivity index (χ1v) is 16.1. The second-order valence-electron chi connectivity index (χ2n) is 11.3. The van der Waals surface area contributed by atoms with Crippen molar-refractivity contribution in [3.63, 3.8) is 0 Å². The molecule has 238 valence electrons. The summed E-state index contributed by atoms with van der Waals surface area (Å²) in [6.07, 6.45) is 12.8. The van der Waals surface area contributed by atoms with Crippen molar-refractivity contribution in [3.8, 4) is 0 Å². The first-order chi connectivity index (χ1) is 19.4. The van der Waals surface area contributed by atoms with Crippen molar-refractivity contribution in [3.05, 3.63) is 0 Å². The summed E-state index contributed by atoms with van der Waals surface area (Å²) in [5, 5.41) is 39.6. The highest BCUT2D eigenvalue weighted by Gasteiger charge is 2.44. The number of carbonyl (C=O) groups excluding carboxylic acids is 1. The lowest BCUT2D eigenvalue weighted by atomic mass is 9.99. The molecule has 1 aliphatic heterocycles. The number of carbonyl (C=O) groups is 1. The highest BCUT2D eigenvalue weighted by Crippen LogP contribution is 2.22. The fourth-order valence-electron chi connectivity index (χ4n) is 4.90. The zero-order valence-electron chi connectivity index (χ0n) is 25.4. The molecular weight excluding hydrogens is 516 g/mol. The van der Waals surface area contributed by atoms with Crippen molar-refractivity contribution < 1.29 is 44.2 Å². The van der Waals surface area contributed by atoms with Crippen LogP contribution in [0.15, 0.2) is 0 Å². The van der Waals surface area contributed by atoms with Crippen LogP contribution in [0.25, 0.3) is 0 Å². The number of hydrogen-bond donors (Lipinski definition) is 4. The minimum absolute atomic E-state index is 0.108. The summed E-state index contributed by atoms with van der Waals surface area (Å²) >= 11 is 0. The predicted octanol–water partition coefficient (Wildman–Crippen LogP) is 4.79. The minimum atomic E-state index is -1.53. The highest BCUT2D eigenvalue weighted by molar-refractivity contribution is 5.69. The number of aliphatic hydroxyl groups excluding tert-OH is 4. The first-order valence-electron chi connectivity index (χ1n) is 16.1. The van der Waals surface area contributed by atoms with Crippen LogP contribution in [0.2, 0.25) is 0 Å². The van der Waals surface area contributed by atoms with Gasteiger partial charge >= 0.3 is 5.97 Å². The summed E-state index contributed by atoms with van der Waals surface area (Å²) in [6.45, 7) is 4.49. The van der Waals surface area contributed by atoms with Gasteiger partial charge in [0.2, 0.25) is 0 Å². The van der Waals surface area contributed by atoms with E-state index in [-0.39, 0.29) is 19.2 Å². The minimum Gasteiger partial charge on any atom is -0.457 e. The SMILES string of the molecule is CCCCCCCCCCCOCC(COC1OC(CO)C(O)C(O)C1O)OC(=O)CCCCCCCCCC. The molecule has 0 aromatic carbocycles. The Kier molecular flexibility index (Phi) is 23.0. The second kappa shape index (κ2) is 24.8. The number of aliphatic hydroxyl groups is 4. The van der Waals surface area contributed by atoms with E-state index >= 15 is 0 Å². The van der Waals surface area contributed by atoms with E-state index in [1.54, 1.807) is 0 Å². The summed E-state index contributed by atoms with van der Waals surface area (Å²) in [5.74, 6) is -0.319. The van der Waals surface area contributed by atoms with E-state index in [1.807, 2.05) is 0 Å². The molecule has 40 heavy (non-hydrogen) atoms. The van der Waals surface area contributed by atoms with Crippen LogP contribution in [-0.4, -0.2) is 89.6 Å². The van der Waals surface area contributed by atoms with E-state index < -0.39 is 43.4 Å². The summed E-state index contributed by atoms with van der Waals surface area (Å²) in [4.78, 5) is 12.5. The quantitative estimate of drug-likeness (QED) is 0.0846. The third kappa shape index (κ3) is 17.2. The topological polar surface area (TPSA) is 135 Å². The summed E-state index contributed by atoms with van der Waals surface area (Å²) in [5.41, 5.74) is 0. The lowest BCUT2D eigenvalue weighted by molar-refractivity contribution is -0.305. The molecule has 0 saturated carbocycles. The van der Waals surface area contributed by atoms with Gasteiger partial charge in [-0.2, -0.15) is 0 Å². The van der Waals surface area contributed by atoms with Crippen LogP contribution in [0.4, 0.5) is 0 Å². The van der Waals surface area contributed by atoms with Crippen molar-refractivity contribution in [2.45, 2.75) is 166 Å². The third-order valence-corrected chi connectivity index (χ3v) is 7.52. The molecule has 9 nitrogen and oxygen atoms in total. The van der Waals surface area contributed by atoms with Crippen molar-refractivity contribution >= 4 is 5.97 Å². The van der Waals surface area contributed by atoms with Crippen LogP contribution in [0.5, 0.6) is 0 Å². The highest BCUT2D eigenvalue weighted by atomic mass is 16.7. The molecule has 0 bridgehead atoms. The molecule has 1 heterocycles. The van der Waals surface area contributed by atoms with Gasteiger partial charge in [-0.05, 0) is 12.8 Å². The second-order valence-corrected chi connectivity index (χ2v) is 11.3. The smallest absolute Gasteiger partial charge is 0.306 e. The lowest BCUT2D eigenvalue weighted by Gasteiger charge is -2.39. The van der Waals surface area contributed by atoms with E-state index in [2.05, 4.69) is 13.8 Å². The number of rotatable bonds is 26. The molecule has 0 amide bonds. The van der Waals surface area contributed by atoms with E-state index in [9.17, 15) is 25.2 Å². The molecule has 0 aliphatic carbocycles. The van der Waals surface area contributed by atoms with Crippen LogP contribution in [-0.2, 0) is 23.7 Å². The van der Waals surface area contributed by atoms with Gasteiger partial charge in [-0.15, -0.1) is 0 Å². The van der Waals surface area contributed by atoms with E-state index in [0.717, 1.165) is 32.1 Å². The average Bonchev–Trinajstić information content (AvgIpc) is 2.95. The van der Waals surface area contributed by atoms with Gasteiger partial charge < -0.3 is 39.4 Å². The molecule has 6 atom stereocenters. The van der Waals surface area contributed by atoms with Crippen LogP contribution in [0, 0.1) is 0 Å². The Morgan fingerprint density at radius 1 is 0.700 bits per heavy atom. The Morgan fingerprint density at radius 3 is 1.77 bits per heavy atom. The van der Waals surface area contributed by atoms with Gasteiger partial charge in [0.15, 0.2) is 6.29 Å². The Hall–Kier alpha value is -0.810. The van der Waals surface area contributed by atoms with Gasteiger partial charge in [0.25, 0.3) is 0 Å². The molecule has 4 N–H and O–H groups in total. The van der Waals surface area contributed by atoms with E-state index in [4.69, 9.17) is 18.9 Å². The van der Waals surface area contributed by atoms with E-state index in [0.29, 0.717) is 13.0 Å². The number of hydrogen-bond acceptors (Lipinski definition) is 9. The molecular formula is C31H60O9. The largest absolute Gasteiger partial charge is 0.457 e. The fourth-order valence-corrected chi connectivity index (χ4v) is 4.90.